The molecule has 2 amide bonds. The van der Waals surface area contributed by atoms with E-state index in [2.05, 4.69) is 10.1 Å². The van der Waals surface area contributed by atoms with Crippen LogP contribution in [0.4, 0.5) is 4.39 Å². The summed E-state index contributed by atoms with van der Waals surface area (Å²) in [7, 11) is 0. The molecule has 0 fully saturated rings. The predicted molar refractivity (Wildman–Crippen MR) is 100 cm³/mol. The predicted octanol–water partition coefficient (Wildman–Crippen LogP) is 2.26. The van der Waals surface area contributed by atoms with Gasteiger partial charge in [0.05, 0.1) is 13.1 Å². The number of hydrogen-bond acceptors (Lipinski definition) is 3. The van der Waals surface area contributed by atoms with Gasteiger partial charge < -0.3 is 15.6 Å². The van der Waals surface area contributed by atoms with Crippen LogP contribution in [0.25, 0.3) is 0 Å². The van der Waals surface area contributed by atoms with Crippen LogP contribution in [0.3, 0.4) is 0 Å². The summed E-state index contributed by atoms with van der Waals surface area (Å²) in [5.41, 5.74) is 8.64. The molecule has 3 N–H and O–H groups in total. The van der Waals surface area contributed by atoms with E-state index in [9.17, 15) is 14.0 Å². The van der Waals surface area contributed by atoms with Gasteiger partial charge in [0.2, 0.25) is 0 Å². The highest BCUT2D eigenvalue weighted by Crippen LogP contribution is 2.31. The number of primary amides is 1. The molecule has 28 heavy (non-hydrogen) atoms. The summed E-state index contributed by atoms with van der Waals surface area (Å²) in [5, 5.41) is 4.42. The first-order chi connectivity index (χ1) is 13.4. The Morgan fingerprint density at radius 2 is 2.04 bits per heavy atom. The molecule has 2 aromatic heterocycles. The largest absolute Gasteiger partial charge is 0.364 e. The van der Waals surface area contributed by atoms with Crippen molar-refractivity contribution in [1.29, 1.82) is 0 Å². The molecule has 144 valence electrons. The van der Waals surface area contributed by atoms with E-state index >= 15 is 0 Å². The smallest absolute Gasteiger partial charge is 0.270 e. The van der Waals surface area contributed by atoms with Crippen LogP contribution < -0.4 is 5.73 Å². The van der Waals surface area contributed by atoms with Crippen LogP contribution in [0.1, 0.15) is 50.6 Å². The Morgan fingerprint density at radius 1 is 1.29 bits per heavy atom. The number of carbonyl (C=O) groups excluding carboxylic acids is 2. The van der Waals surface area contributed by atoms with Crippen LogP contribution in [-0.4, -0.2) is 38.0 Å². The molecule has 1 aliphatic heterocycles. The van der Waals surface area contributed by atoms with E-state index < -0.39 is 5.91 Å². The van der Waals surface area contributed by atoms with Gasteiger partial charge in [0.15, 0.2) is 5.69 Å². The van der Waals surface area contributed by atoms with Crippen LogP contribution in [-0.2, 0) is 13.1 Å². The van der Waals surface area contributed by atoms with Crippen molar-refractivity contribution in [2.75, 3.05) is 6.54 Å². The van der Waals surface area contributed by atoms with Gasteiger partial charge in [0.25, 0.3) is 11.8 Å². The SMILES string of the molecule is CC1CN(C(=O)c2ccc[nH]2)Cc2c(C(N)=O)nn(Cc3ccc(F)cc3)c21. The second-order valence-electron chi connectivity index (χ2n) is 7.03. The molecule has 1 aromatic carbocycles. The number of H-pyrrole nitrogens is 1. The maximum absolute atomic E-state index is 13.2. The Labute approximate surface area is 160 Å². The zero-order chi connectivity index (χ0) is 19.8. The minimum Gasteiger partial charge on any atom is -0.364 e. The fourth-order valence-corrected chi connectivity index (χ4v) is 3.76. The number of aromatic nitrogens is 3. The lowest BCUT2D eigenvalue weighted by Crippen LogP contribution is -2.38. The monoisotopic (exact) mass is 381 g/mol. The fraction of sp³-hybridized carbons (Fsp3) is 0.250. The molecule has 7 nitrogen and oxygen atoms in total. The summed E-state index contributed by atoms with van der Waals surface area (Å²) in [5.74, 6) is -1.11. The number of fused-ring (bicyclic) bond motifs is 1. The van der Waals surface area contributed by atoms with E-state index in [0.717, 1.165) is 11.3 Å². The van der Waals surface area contributed by atoms with Gasteiger partial charge in [-0.2, -0.15) is 5.10 Å². The van der Waals surface area contributed by atoms with Gasteiger partial charge in [-0.05, 0) is 29.8 Å². The van der Waals surface area contributed by atoms with Gasteiger partial charge in [-0.25, -0.2) is 4.39 Å². The summed E-state index contributed by atoms with van der Waals surface area (Å²) in [4.78, 5) is 29.3. The quantitative estimate of drug-likeness (QED) is 0.725. The van der Waals surface area contributed by atoms with Crippen LogP contribution >= 0.6 is 0 Å². The first kappa shape index (κ1) is 18.0. The molecule has 4 rings (SSSR count). The summed E-state index contributed by atoms with van der Waals surface area (Å²) in [6.07, 6.45) is 1.70. The van der Waals surface area contributed by atoms with Gasteiger partial charge >= 0.3 is 0 Å². The summed E-state index contributed by atoms with van der Waals surface area (Å²) < 4.78 is 14.9. The molecule has 1 aliphatic rings. The molecule has 3 aromatic rings. The van der Waals surface area contributed by atoms with Crippen LogP contribution in [0, 0.1) is 5.82 Å². The van der Waals surface area contributed by atoms with Crippen molar-refractivity contribution in [1.82, 2.24) is 19.7 Å². The van der Waals surface area contributed by atoms with Gasteiger partial charge in [-0.1, -0.05) is 19.1 Å². The van der Waals surface area contributed by atoms with Crippen LogP contribution in [0.15, 0.2) is 42.6 Å². The molecule has 8 heteroatoms. The number of aromatic amines is 1. The van der Waals surface area contributed by atoms with Gasteiger partial charge in [-0.15, -0.1) is 0 Å². The average molecular weight is 381 g/mol. The molecule has 0 aliphatic carbocycles. The Balaban J connectivity index is 1.69. The lowest BCUT2D eigenvalue weighted by molar-refractivity contribution is 0.0711. The van der Waals surface area contributed by atoms with Gasteiger partial charge in [0.1, 0.15) is 11.5 Å². The third-order valence-corrected chi connectivity index (χ3v) is 5.00. The number of nitrogens with two attached hydrogens (primary N) is 1. The number of hydrogen-bond donors (Lipinski definition) is 2. The number of amides is 2. The highest BCUT2D eigenvalue weighted by Gasteiger charge is 2.34. The molecule has 0 saturated carbocycles. The summed E-state index contributed by atoms with van der Waals surface area (Å²) in [6, 6.07) is 9.63. The zero-order valence-electron chi connectivity index (χ0n) is 15.4. The summed E-state index contributed by atoms with van der Waals surface area (Å²) in [6.45, 7) is 3.14. The fourth-order valence-electron chi connectivity index (χ4n) is 3.76. The Kier molecular flexibility index (Phi) is 4.46. The molecule has 0 saturated heterocycles. The maximum atomic E-state index is 13.2. The molecule has 0 spiro atoms. The number of halogens is 1. The second kappa shape index (κ2) is 6.95. The van der Waals surface area contributed by atoms with Gasteiger partial charge in [0, 0.05) is 29.9 Å². The van der Waals surface area contributed by atoms with E-state index in [4.69, 9.17) is 5.73 Å². The van der Waals surface area contributed by atoms with Crippen molar-refractivity contribution < 1.29 is 14.0 Å². The van der Waals surface area contributed by atoms with Crippen molar-refractivity contribution in [3.05, 3.63) is 76.6 Å². The molecule has 3 heterocycles. The molecule has 1 unspecified atom stereocenters. The Morgan fingerprint density at radius 3 is 2.68 bits per heavy atom. The Hall–Kier alpha value is -3.42. The zero-order valence-corrected chi connectivity index (χ0v) is 15.4. The number of benzene rings is 1. The van der Waals surface area contributed by atoms with Crippen molar-refractivity contribution in [3.63, 3.8) is 0 Å². The lowest BCUT2D eigenvalue weighted by atomic mass is 9.95. The first-order valence-corrected chi connectivity index (χ1v) is 9.00. The first-order valence-electron chi connectivity index (χ1n) is 9.00. The van der Waals surface area contributed by atoms with Crippen LogP contribution in [0.2, 0.25) is 0 Å². The number of carbonyl (C=O) groups is 2. The van der Waals surface area contributed by atoms with Crippen LogP contribution in [0.5, 0.6) is 0 Å². The number of rotatable bonds is 4. The highest BCUT2D eigenvalue weighted by molar-refractivity contribution is 5.94. The number of nitrogens with one attached hydrogen (secondary N) is 1. The van der Waals surface area contributed by atoms with Crippen molar-refractivity contribution in [2.24, 2.45) is 5.73 Å². The van der Waals surface area contributed by atoms with E-state index in [1.165, 1.54) is 12.1 Å². The second-order valence-corrected chi connectivity index (χ2v) is 7.03. The molecular formula is C20H20FN5O2. The molecular weight excluding hydrogens is 361 g/mol. The Bertz CT molecular complexity index is 1020. The highest BCUT2D eigenvalue weighted by atomic mass is 19.1. The third-order valence-electron chi connectivity index (χ3n) is 5.00. The normalized spacial score (nSPS) is 16.1. The molecule has 1 atom stereocenters. The molecule has 0 radical (unpaired) electrons. The standard InChI is InChI=1S/C20H20FN5O2/c1-12-9-25(20(28)16-3-2-8-23-16)11-15-17(19(22)27)24-26(18(12)15)10-13-4-6-14(21)7-5-13/h2-8,12,23H,9-11H2,1H3,(H2,22,27). The maximum Gasteiger partial charge on any atom is 0.270 e. The van der Waals surface area contributed by atoms with E-state index in [0.29, 0.717) is 24.3 Å². The third kappa shape index (κ3) is 3.17. The van der Waals surface area contributed by atoms with E-state index in [1.807, 2.05) is 6.92 Å². The van der Waals surface area contributed by atoms with Gasteiger partial charge in [-0.3, -0.25) is 14.3 Å². The van der Waals surface area contributed by atoms with E-state index in [1.54, 1.807) is 40.0 Å². The topological polar surface area (TPSA) is 97.0 Å². The number of nitrogens with zero attached hydrogens (tertiary/aromatic N) is 3. The minimum atomic E-state index is -0.629. The minimum absolute atomic E-state index is 0.0382. The van der Waals surface area contributed by atoms with Crippen molar-refractivity contribution >= 4 is 11.8 Å². The summed E-state index contributed by atoms with van der Waals surface area (Å²) >= 11 is 0. The van der Waals surface area contributed by atoms with Crippen molar-refractivity contribution in [3.8, 4) is 0 Å². The lowest BCUT2D eigenvalue weighted by Gasteiger charge is -2.31. The van der Waals surface area contributed by atoms with Crippen molar-refractivity contribution in [2.45, 2.75) is 25.9 Å². The molecule has 0 bridgehead atoms. The van der Waals surface area contributed by atoms with E-state index in [-0.39, 0.29) is 29.9 Å². The average Bonchev–Trinajstić information content (AvgIpc) is 3.31.